The standard InChI is InChI=1S/C49H42Cl4F12N8O3/c1-75-37-23-31(11-13-33(37)50)68-15-19-70(20-16-68)35(25-72-41(39(52)44(66-72)48(60,61)62)27-3-7-29(8-4-27)46(54,55)56)43(74)36(71-21-17-69(18-22-71)32-12-14-34(51)38(24-32)76-2)26-73-42(40(53)45(67-73)49(63,64)65)28-5-9-30(10-6-28)47(57,58)59/h3-14,23-24,35-36H,15-22,25-26H2,1-2H3. The molecular weight excluding hydrogens is 1120 g/mol. The third-order valence-corrected chi connectivity index (χ3v) is 14.5. The zero-order chi connectivity index (χ0) is 55.2. The SMILES string of the molecule is COc1cc(N2CCN(C(Cn3nc(C(F)(F)F)c(Cl)c3-c3ccc(C(F)(F)F)cc3)C(=O)C(Cn3nc(C(F)(F)F)c(Cl)c3-c3ccc(C(F)(F)F)cc3)N3CCN(c4ccc(Cl)c(OC)c4)CC3)CC2)ccc1Cl. The molecule has 2 fully saturated rings. The maximum Gasteiger partial charge on any atom is 0.436 e. The Kier molecular flexibility index (Phi) is 16.4. The van der Waals surface area contributed by atoms with E-state index in [4.69, 9.17) is 55.9 Å². The second-order valence-corrected chi connectivity index (χ2v) is 19.2. The number of Topliss-reactive ketones (excluding diaryl/α,β-unsaturated/α-hetero) is 1. The molecule has 27 heteroatoms. The number of ketones is 1. The number of ether oxygens (including phenoxy) is 2. The lowest BCUT2D eigenvalue weighted by Gasteiger charge is -2.44. The highest BCUT2D eigenvalue weighted by molar-refractivity contribution is 6.34. The van der Waals surface area contributed by atoms with Gasteiger partial charge in [0.1, 0.15) is 11.5 Å². The minimum Gasteiger partial charge on any atom is -0.495 e. The molecule has 6 aromatic rings. The number of aromatic nitrogens is 4. The Morgan fingerprint density at radius 1 is 0.500 bits per heavy atom. The van der Waals surface area contributed by atoms with Gasteiger partial charge in [-0.15, -0.1) is 0 Å². The van der Waals surface area contributed by atoms with Crippen LogP contribution in [0.3, 0.4) is 0 Å². The summed E-state index contributed by atoms with van der Waals surface area (Å²) in [7, 11) is 2.84. The summed E-state index contributed by atoms with van der Waals surface area (Å²) in [6.07, 6.45) is -20.1. The molecule has 4 aromatic carbocycles. The lowest BCUT2D eigenvalue weighted by Crippen LogP contribution is -2.61. The van der Waals surface area contributed by atoms with E-state index in [-0.39, 0.29) is 63.5 Å². The van der Waals surface area contributed by atoms with Crippen LogP contribution < -0.4 is 19.3 Å². The minimum absolute atomic E-state index is 0.0274. The molecule has 4 heterocycles. The smallest absolute Gasteiger partial charge is 0.436 e. The lowest BCUT2D eigenvalue weighted by molar-refractivity contribution is -0.142. The van der Waals surface area contributed by atoms with Crippen LogP contribution in [-0.4, -0.2) is 114 Å². The summed E-state index contributed by atoms with van der Waals surface area (Å²) in [5.74, 6) is -0.0781. The van der Waals surface area contributed by atoms with Crippen LogP contribution in [0.1, 0.15) is 22.5 Å². The molecule has 0 radical (unpaired) electrons. The summed E-state index contributed by atoms with van der Waals surface area (Å²) in [6, 6.07) is 13.1. The molecule has 0 bridgehead atoms. The van der Waals surface area contributed by atoms with Crippen molar-refractivity contribution in [2.75, 3.05) is 76.4 Å². The molecule has 11 nitrogen and oxygen atoms in total. The Hall–Kier alpha value is -5.59. The highest BCUT2D eigenvalue weighted by Gasteiger charge is 2.45. The van der Waals surface area contributed by atoms with E-state index in [1.54, 1.807) is 46.2 Å². The van der Waals surface area contributed by atoms with E-state index >= 15 is 4.79 Å². The summed E-state index contributed by atoms with van der Waals surface area (Å²) in [4.78, 5) is 23.1. The van der Waals surface area contributed by atoms with Crippen LogP contribution in [0.15, 0.2) is 84.9 Å². The Morgan fingerprint density at radius 2 is 0.829 bits per heavy atom. The number of piperazine rings is 2. The first kappa shape index (κ1) is 56.6. The summed E-state index contributed by atoms with van der Waals surface area (Å²) >= 11 is 25.5. The number of carbonyl (C=O) groups excluding carboxylic acids is 1. The van der Waals surface area contributed by atoms with Crippen LogP contribution in [0.2, 0.25) is 20.1 Å². The average molecular weight is 1160 g/mol. The van der Waals surface area contributed by atoms with E-state index in [1.165, 1.54) is 14.2 Å². The van der Waals surface area contributed by atoms with E-state index in [1.807, 2.05) is 9.80 Å². The molecule has 2 atom stereocenters. The van der Waals surface area contributed by atoms with Crippen molar-refractivity contribution < 1.29 is 67.0 Å². The molecule has 2 aliphatic heterocycles. The maximum absolute atomic E-state index is 16.0. The highest BCUT2D eigenvalue weighted by Crippen LogP contribution is 2.44. The van der Waals surface area contributed by atoms with Crippen LogP contribution in [0, 0.1) is 0 Å². The van der Waals surface area contributed by atoms with Gasteiger partial charge >= 0.3 is 24.7 Å². The Labute approximate surface area is 445 Å². The third kappa shape index (κ3) is 12.1. The van der Waals surface area contributed by atoms with E-state index < -0.39 is 99.6 Å². The normalized spacial score (nSPS) is 16.3. The first-order valence-corrected chi connectivity index (χ1v) is 24.4. The third-order valence-electron chi connectivity index (χ3n) is 13.2. The molecule has 8 rings (SSSR count). The average Bonchev–Trinajstić information content (AvgIpc) is 3.90. The first-order valence-electron chi connectivity index (χ1n) is 22.9. The number of hydrogen-bond donors (Lipinski definition) is 0. The summed E-state index contributed by atoms with van der Waals surface area (Å²) < 4.78 is 183. The van der Waals surface area contributed by atoms with Gasteiger partial charge in [-0.05, 0) is 48.5 Å². The van der Waals surface area contributed by atoms with Gasteiger partial charge < -0.3 is 19.3 Å². The van der Waals surface area contributed by atoms with Gasteiger partial charge in [0.2, 0.25) is 0 Å². The number of anilines is 2. The number of methoxy groups -OCH3 is 2. The van der Waals surface area contributed by atoms with Crippen LogP contribution >= 0.6 is 46.4 Å². The summed E-state index contributed by atoms with van der Waals surface area (Å²) in [6.45, 7) is -0.625. The van der Waals surface area contributed by atoms with Crippen molar-refractivity contribution in [3.05, 3.63) is 128 Å². The van der Waals surface area contributed by atoms with Crippen LogP contribution in [0.4, 0.5) is 64.1 Å². The second-order valence-electron chi connectivity index (χ2n) is 17.7. The first-order chi connectivity index (χ1) is 35.7. The molecule has 0 saturated carbocycles. The van der Waals surface area contributed by atoms with E-state index in [0.29, 0.717) is 57.2 Å². The van der Waals surface area contributed by atoms with Crippen molar-refractivity contribution in [3.8, 4) is 34.0 Å². The van der Waals surface area contributed by atoms with Gasteiger partial charge in [0.05, 0.1) is 82.0 Å². The van der Waals surface area contributed by atoms with Gasteiger partial charge in [-0.3, -0.25) is 24.0 Å². The summed E-state index contributed by atoms with van der Waals surface area (Å²) in [5, 5.41) is 6.29. The monoisotopic (exact) mass is 1160 g/mol. The van der Waals surface area contributed by atoms with Crippen molar-refractivity contribution in [2.45, 2.75) is 49.9 Å². The second kappa shape index (κ2) is 22.0. The topological polar surface area (TPSA) is 84.1 Å². The lowest BCUT2D eigenvalue weighted by atomic mass is 9.99. The van der Waals surface area contributed by atoms with Crippen LogP contribution in [0.25, 0.3) is 22.5 Å². The fraction of sp³-hybridized carbons (Fsp3) is 0.367. The van der Waals surface area contributed by atoms with Gasteiger partial charge in [-0.25, -0.2) is 0 Å². The van der Waals surface area contributed by atoms with E-state index in [9.17, 15) is 52.7 Å². The Balaban J connectivity index is 1.25. The van der Waals surface area contributed by atoms with Gasteiger partial charge in [0, 0.05) is 87.0 Å². The molecular formula is C49H42Cl4F12N8O3. The highest BCUT2D eigenvalue weighted by atomic mass is 35.5. The quantitative estimate of drug-likeness (QED) is 0.0990. The molecule has 0 N–H and O–H groups in total. The van der Waals surface area contributed by atoms with Crippen molar-refractivity contribution in [3.63, 3.8) is 0 Å². The molecule has 0 spiro atoms. The van der Waals surface area contributed by atoms with Crippen LogP contribution in [0.5, 0.6) is 11.5 Å². The zero-order valence-corrected chi connectivity index (χ0v) is 42.7. The van der Waals surface area contributed by atoms with Crippen LogP contribution in [-0.2, 0) is 42.6 Å². The molecule has 2 unspecified atom stereocenters. The minimum atomic E-state index is -5.21. The van der Waals surface area contributed by atoms with Crippen molar-refractivity contribution in [1.29, 1.82) is 0 Å². The number of alkyl halides is 12. The number of nitrogens with zero attached hydrogens (tertiary/aromatic N) is 8. The van der Waals surface area contributed by atoms with Gasteiger partial charge in [-0.2, -0.15) is 62.9 Å². The zero-order valence-electron chi connectivity index (χ0n) is 39.7. The molecule has 76 heavy (non-hydrogen) atoms. The molecule has 0 amide bonds. The largest absolute Gasteiger partial charge is 0.495 e. The van der Waals surface area contributed by atoms with Gasteiger partial charge in [0.15, 0.2) is 17.2 Å². The fourth-order valence-corrected chi connectivity index (χ4v) is 10.4. The Bertz CT molecular complexity index is 2840. The number of carbonyl (C=O) groups is 1. The van der Waals surface area contributed by atoms with E-state index in [0.717, 1.165) is 33.6 Å². The molecule has 408 valence electrons. The summed E-state index contributed by atoms with van der Waals surface area (Å²) in [5.41, 5.74) is -5.61. The Morgan fingerprint density at radius 3 is 1.12 bits per heavy atom. The molecule has 2 aromatic heterocycles. The van der Waals surface area contributed by atoms with Crippen molar-refractivity contribution in [1.82, 2.24) is 29.4 Å². The van der Waals surface area contributed by atoms with E-state index in [2.05, 4.69) is 10.2 Å². The predicted molar refractivity (Wildman–Crippen MR) is 262 cm³/mol. The maximum atomic E-state index is 16.0. The van der Waals surface area contributed by atoms with Crippen molar-refractivity contribution in [2.24, 2.45) is 0 Å². The predicted octanol–water partition coefficient (Wildman–Crippen LogP) is 12.8. The number of rotatable bonds is 14. The molecule has 0 aliphatic carbocycles. The fourth-order valence-electron chi connectivity index (χ4n) is 9.29. The number of hydrogen-bond acceptors (Lipinski definition) is 9. The number of halogens is 16. The van der Waals surface area contributed by atoms with Gasteiger partial charge in [-0.1, -0.05) is 70.7 Å². The number of benzene rings is 4. The molecule has 2 aliphatic rings. The molecule has 2 saturated heterocycles. The van der Waals surface area contributed by atoms with Crippen molar-refractivity contribution >= 4 is 63.6 Å². The van der Waals surface area contributed by atoms with Gasteiger partial charge in [0.25, 0.3) is 0 Å².